The Morgan fingerprint density at radius 2 is 1.77 bits per heavy atom. The van der Waals surface area contributed by atoms with E-state index in [0.29, 0.717) is 28.8 Å². The van der Waals surface area contributed by atoms with Crippen molar-refractivity contribution in [1.29, 1.82) is 0 Å². The Hall–Kier alpha value is -3.78. The van der Waals surface area contributed by atoms with Gasteiger partial charge in [0, 0.05) is 29.3 Å². The molecule has 8 nitrogen and oxygen atoms in total. The minimum absolute atomic E-state index is 0.132. The molecule has 0 heterocycles. The number of carbonyl (C=O) groups excluding carboxylic acids is 1. The highest BCUT2D eigenvalue weighted by atomic mass is 35.5. The summed E-state index contributed by atoms with van der Waals surface area (Å²) in [6.07, 6.45) is 0. The van der Waals surface area contributed by atoms with E-state index in [1.165, 1.54) is 32.4 Å². The lowest BCUT2D eigenvalue weighted by Gasteiger charge is -2.12. The average Bonchev–Trinajstić information content (AvgIpc) is 2.78. The summed E-state index contributed by atoms with van der Waals surface area (Å²) in [6.45, 7) is 0.301. The number of hydrogen-bond acceptors (Lipinski definition) is 6. The summed E-state index contributed by atoms with van der Waals surface area (Å²) in [7, 11) is 2.99. The third-order valence-corrected chi connectivity index (χ3v) is 4.91. The first-order chi connectivity index (χ1) is 14.9. The van der Waals surface area contributed by atoms with Crippen molar-refractivity contribution < 1.29 is 19.2 Å². The second-order valence-electron chi connectivity index (χ2n) is 6.45. The van der Waals surface area contributed by atoms with Gasteiger partial charge >= 0.3 is 0 Å². The van der Waals surface area contributed by atoms with Gasteiger partial charge in [0.05, 0.1) is 24.8 Å². The van der Waals surface area contributed by atoms with Crippen molar-refractivity contribution in [2.24, 2.45) is 0 Å². The molecule has 0 unspecified atom stereocenters. The molecule has 0 fully saturated rings. The van der Waals surface area contributed by atoms with Crippen molar-refractivity contribution >= 4 is 34.6 Å². The normalized spacial score (nSPS) is 10.3. The SMILES string of the molecule is COc1ccc(NC(=O)c2ccc(NCc3ccccc3Cl)c([N+](=O)[O-])c2)c(OC)c1. The number of methoxy groups -OCH3 is 2. The zero-order valence-electron chi connectivity index (χ0n) is 16.8. The fourth-order valence-electron chi connectivity index (χ4n) is 2.90. The topological polar surface area (TPSA) is 103 Å². The number of halogens is 1. The lowest BCUT2D eigenvalue weighted by Crippen LogP contribution is -2.13. The number of hydrogen-bond donors (Lipinski definition) is 2. The third-order valence-electron chi connectivity index (χ3n) is 4.54. The van der Waals surface area contributed by atoms with E-state index < -0.39 is 10.8 Å². The summed E-state index contributed by atoms with van der Waals surface area (Å²) in [5, 5.41) is 17.8. The van der Waals surface area contributed by atoms with E-state index in [9.17, 15) is 14.9 Å². The van der Waals surface area contributed by atoms with Crippen molar-refractivity contribution in [2.75, 3.05) is 24.9 Å². The van der Waals surface area contributed by atoms with Crippen molar-refractivity contribution in [3.63, 3.8) is 0 Å². The maximum Gasteiger partial charge on any atom is 0.293 e. The number of carbonyl (C=O) groups is 1. The molecule has 0 aliphatic carbocycles. The maximum absolute atomic E-state index is 12.7. The first kappa shape index (κ1) is 21.9. The van der Waals surface area contributed by atoms with E-state index >= 15 is 0 Å². The maximum atomic E-state index is 12.7. The van der Waals surface area contributed by atoms with Gasteiger partial charge in [0.15, 0.2) is 0 Å². The minimum atomic E-state index is -0.542. The average molecular weight is 442 g/mol. The minimum Gasteiger partial charge on any atom is -0.497 e. The lowest BCUT2D eigenvalue weighted by molar-refractivity contribution is -0.384. The van der Waals surface area contributed by atoms with Crippen LogP contribution in [0.4, 0.5) is 17.1 Å². The lowest BCUT2D eigenvalue weighted by atomic mass is 10.1. The largest absolute Gasteiger partial charge is 0.497 e. The second-order valence-corrected chi connectivity index (χ2v) is 6.86. The number of ether oxygens (including phenoxy) is 2. The molecular formula is C22H20ClN3O5. The fourth-order valence-corrected chi connectivity index (χ4v) is 3.10. The van der Waals surface area contributed by atoms with Gasteiger partial charge in [-0.05, 0) is 35.9 Å². The zero-order chi connectivity index (χ0) is 22.4. The first-order valence-electron chi connectivity index (χ1n) is 9.22. The summed E-state index contributed by atoms with van der Waals surface area (Å²) in [5.74, 6) is 0.462. The molecule has 2 N–H and O–H groups in total. The van der Waals surface area contributed by atoms with Crippen LogP contribution in [0.2, 0.25) is 5.02 Å². The number of nitro benzene ring substituents is 1. The van der Waals surface area contributed by atoms with Crippen LogP contribution in [0.5, 0.6) is 11.5 Å². The van der Waals surface area contributed by atoms with E-state index in [4.69, 9.17) is 21.1 Å². The van der Waals surface area contributed by atoms with Crippen molar-refractivity contribution in [3.05, 3.63) is 86.9 Å². The summed E-state index contributed by atoms with van der Waals surface area (Å²) in [4.78, 5) is 23.7. The summed E-state index contributed by atoms with van der Waals surface area (Å²) in [6, 6.07) is 16.4. The van der Waals surface area contributed by atoms with Gasteiger partial charge in [0.25, 0.3) is 11.6 Å². The van der Waals surface area contributed by atoms with E-state index in [-0.39, 0.29) is 16.9 Å². The number of anilines is 2. The highest BCUT2D eigenvalue weighted by Gasteiger charge is 2.19. The summed E-state index contributed by atoms with van der Waals surface area (Å²) >= 11 is 6.14. The molecule has 0 radical (unpaired) electrons. The van der Waals surface area contributed by atoms with Crippen molar-refractivity contribution in [2.45, 2.75) is 6.54 Å². The Morgan fingerprint density at radius 3 is 2.45 bits per heavy atom. The van der Waals surface area contributed by atoms with Gasteiger partial charge in [-0.3, -0.25) is 14.9 Å². The Kier molecular flexibility index (Phi) is 6.94. The zero-order valence-corrected chi connectivity index (χ0v) is 17.6. The van der Waals surface area contributed by atoms with Crippen LogP contribution in [0.15, 0.2) is 60.7 Å². The molecular weight excluding hydrogens is 422 g/mol. The molecule has 0 aliphatic heterocycles. The van der Waals surface area contributed by atoms with Crippen LogP contribution >= 0.6 is 11.6 Å². The van der Waals surface area contributed by atoms with Crippen LogP contribution in [0.25, 0.3) is 0 Å². The van der Waals surface area contributed by atoms with Crippen LogP contribution in [0, 0.1) is 10.1 Å². The molecule has 3 aromatic carbocycles. The predicted molar refractivity (Wildman–Crippen MR) is 119 cm³/mol. The van der Waals surface area contributed by atoms with Crippen molar-refractivity contribution in [1.82, 2.24) is 0 Å². The Balaban J connectivity index is 1.81. The molecule has 0 atom stereocenters. The number of nitrogens with one attached hydrogen (secondary N) is 2. The Labute approximate surface area is 183 Å². The monoisotopic (exact) mass is 441 g/mol. The first-order valence-corrected chi connectivity index (χ1v) is 9.60. The molecule has 3 aromatic rings. The van der Waals surface area contributed by atoms with Crippen LogP contribution in [-0.2, 0) is 6.54 Å². The fraction of sp³-hybridized carbons (Fsp3) is 0.136. The summed E-state index contributed by atoms with van der Waals surface area (Å²) in [5.41, 5.74) is 1.40. The van der Waals surface area contributed by atoms with Crippen LogP contribution in [-0.4, -0.2) is 25.1 Å². The van der Waals surface area contributed by atoms with E-state index in [0.717, 1.165) is 5.56 Å². The number of nitrogens with zero attached hydrogens (tertiary/aromatic N) is 1. The molecule has 1 amide bonds. The Morgan fingerprint density at radius 1 is 1.03 bits per heavy atom. The van der Waals surface area contributed by atoms with Gasteiger partial charge < -0.3 is 20.1 Å². The van der Waals surface area contributed by atoms with Gasteiger partial charge in [-0.1, -0.05) is 29.8 Å². The molecule has 3 rings (SSSR count). The highest BCUT2D eigenvalue weighted by Crippen LogP contribution is 2.31. The molecule has 0 saturated heterocycles. The van der Waals surface area contributed by atoms with Crippen LogP contribution in [0.1, 0.15) is 15.9 Å². The molecule has 31 heavy (non-hydrogen) atoms. The predicted octanol–water partition coefficient (Wildman–Crippen LogP) is 5.13. The number of benzene rings is 3. The highest BCUT2D eigenvalue weighted by molar-refractivity contribution is 6.31. The van der Waals surface area contributed by atoms with E-state index in [1.54, 1.807) is 30.3 Å². The van der Waals surface area contributed by atoms with Crippen LogP contribution < -0.4 is 20.1 Å². The molecule has 0 saturated carbocycles. The third kappa shape index (κ3) is 5.23. The number of nitro groups is 1. The molecule has 9 heteroatoms. The van der Waals surface area contributed by atoms with E-state index in [2.05, 4.69) is 10.6 Å². The van der Waals surface area contributed by atoms with Gasteiger partial charge in [-0.2, -0.15) is 0 Å². The standard InChI is InChI=1S/C22H20ClN3O5/c1-30-16-8-10-19(21(12-16)31-2)25-22(27)14-7-9-18(20(11-14)26(28)29)24-13-15-5-3-4-6-17(15)23/h3-12,24H,13H2,1-2H3,(H,25,27). The van der Waals surface area contributed by atoms with Gasteiger partial charge in [0.1, 0.15) is 17.2 Å². The molecule has 0 bridgehead atoms. The summed E-state index contributed by atoms with van der Waals surface area (Å²) < 4.78 is 10.4. The molecule has 160 valence electrons. The molecule has 0 aliphatic rings. The van der Waals surface area contributed by atoms with Gasteiger partial charge in [-0.25, -0.2) is 0 Å². The van der Waals surface area contributed by atoms with Crippen molar-refractivity contribution in [3.8, 4) is 11.5 Å². The quantitative estimate of drug-likeness (QED) is 0.371. The van der Waals surface area contributed by atoms with E-state index in [1.807, 2.05) is 12.1 Å². The molecule has 0 aromatic heterocycles. The van der Waals surface area contributed by atoms with Gasteiger partial charge in [-0.15, -0.1) is 0 Å². The second kappa shape index (κ2) is 9.82. The Bertz CT molecular complexity index is 1120. The number of rotatable bonds is 8. The smallest absolute Gasteiger partial charge is 0.293 e. The number of amides is 1. The van der Waals surface area contributed by atoms with Gasteiger partial charge in [0.2, 0.25) is 0 Å². The molecule has 0 spiro atoms. The van der Waals surface area contributed by atoms with Crippen LogP contribution in [0.3, 0.4) is 0 Å².